The molecule has 1 fully saturated rings. The number of anilines is 2. The van der Waals surface area contributed by atoms with Crippen molar-refractivity contribution >= 4 is 50.9 Å². The second-order valence-corrected chi connectivity index (χ2v) is 10.0. The van der Waals surface area contributed by atoms with Gasteiger partial charge in [0.2, 0.25) is 5.95 Å². The fourth-order valence-corrected chi connectivity index (χ4v) is 6.27. The maximum absolute atomic E-state index is 13.1. The summed E-state index contributed by atoms with van der Waals surface area (Å²) in [5.41, 5.74) is 0.193. The number of sulfonamides is 1. The van der Waals surface area contributed by atoms with Crippen LogP contribution in [0.4, 0.5) is 16.4 Å². The van der Waals surface area contributed by atoms with Crippen LogP contribution < -0.4 is 9.80 Å². The van der Waals surface area contributed by atoms with Gasteiger partial charge in [0.25, 0.3) is 10.0 Å². The summed E-state index contributed by atoms with van der Waals surface area (Å²) in [4.78, 5) is 26.9. The summed E-state index contributed by atoms with van der Waals surface area (Å²) in [6, 6.07) is 3.98. The summed E-state index contributed by atoms with van der Waals surface area (Å²) in [6.07, 6.45) is 3.96. The number of carbonyl (C=O) groups excluding carboxylic acids is 1. The number of urea groups is 1. The van der Waals surface area contributed by atoms with Crippen LogP contribution in [0.2, 0.25) is 10.0 Å². The number of nitrogens with zero attached hydrogens (tertiary/aromatic N) is 6. The minimum absolute atomic E-state index is 0.00565. The van der Waals surface area contributed by atoms with E-state index >= 15 is 0 Å². The maximum atomic E-state index is 13.1. The number of carbonyl (C=O) groups is 1. The Morgan fingerprint density at radius 2 is 1.71 bits per heavy atom. The molecule has 2 amide bonds. The van der Waals surface area contributed by atoms with E-state index in [1.807, 2.05) is 0 Å². The van der Waals surface area contributed by atoms with Gasteiger partial charge in [-0.3, -0.25) is 9.80 Å². The van der Waals surface area contributed by atoms with Crippen LogP contribution in [0.3, 0.4) is 0 Å². The molecule has 4 rings (SSSR count). The molecule has 31 heavy (non-hydrogen) atoms. The van der Waals surface area contributed by atoms with E-state index in [0.29, 0.717) is 18.9 Å². The third kappa shape index (κ3) is 4.30. The monoisotopic (exact) mass is 484 g/mol. The van der Waals surface area contributed by atoms with Gasteiger partial charge in [-0.25, -0.2) is 27.5 Å². The highest BCUT2D eigenvalue weighted by Gasteiger charge is 2.41. The Morgan fingerprint density at radius 1 is 1.03 bits per heavy atom. The number of piperazine rings is 1. The number of rotatable bonds is 5. The van der Waals surface area contributed by atoms with E-state index in [2.05, 4.69) is 19.8 Å². The van der Waals surface area contributed by atoms with E-state index in [-0.39, 0.29) is 27.2 Å². The molecule has 0 radical (unpaired) electrons. The Labute approximate surface area is 191 Å². The Hall–Kier alpha value is -2.14. The number of fused-ring (bicyclic) bond motifs is 1. The Kier molecular flexibility index (Phi) is 6.25. The molecule has 1 aromatic carbocycles. The molecule has 2 aromatic rings. The first-order chi connectivity index (χ1) is 14.8. The second kappa shape index (κ2) is 8.78. The van der Waals surface area contributed by atoms with E-state index in [1.165, 1.54) is 24.1 Å². The molecule has 0 bridgehead atoms. The minimum Gasteiger partial charge on any atom is -0.338 e. The van der Waals surface area contributed by atoms with Crippen LogP contribution in [0.5, 0.6) is 0 Å². The van der Waals surface area contributed by atoms with Gasteiger partial charge < -0.3 is 4.90 Å². The van der Waals surface area contributed by atoms with Gasteiger partial charge in [-0.05, 0) is 24.6 Å². The van der Waals surface area contributed by atoms with Crippen molar-refractivity contribution in [1.82, 2.24) is 19.2 Å². The fraction of sp³-hybridized carbons (Fsp3) is 0.421. The minimum atomic E-state index is -4.05. The molecule has 2 aliphatic heterocycles. The van der Waals surface area contributed by atoms with Crippen molar-refractivity contribution < 1.29 is 13.2 Å². The van der Waals surface area contributed by atoms with Crippen LogP contribution in [0.15, 0.2) is 35.5 Å². The van der Waals surface area contributed by atoms with Crippen molar-refractivity contribution in [3.05, 3.63) is 40.6 Å². The molecule has 0 spiro atoms. The second-order valence-electron chi connectivity index (χ2n) is 7.39. The van der Waals surface area contributed by atoms with Crippen molar-refractivity contribution in [3.63, 3.8) is 0 Å². The molecule has 0 unspecified atom stereocenters. The van der Waals surface area contributed by atoms with E-state index < -0.39 is 16.1 Å². The molecule has 3 heterocycles. The average molecular weight is 485 g/mol. The summed E-state index contributed by atoms with van der Waals surface area (Å²) < 4.78 is 27.1. The van der Waals surface area contributed by atoms with Crippen LogP contribution in [0.25, 0.3) is 0 Å². The maximum Gasteiger partial charge on any atom is 0.338 e. The largest absolute Gasteiger partial charge is 0.338 e. The van der Waals surface area contributed by atoms with Crippen molar-refractivity contribution in [2.24, 2.45) is 0 Å². The summed E-state index contributed by atoms with van der Waals surface area (Å²) in [7, 11) is -2.54. The highest BCUT2D eigenvalue weighted by Crippen LogP contribution is 2.40. The standard InChI is InChI=1S/C19H22Cl2N6O3S/c1-24-16-13-14(20)12-15(21)17(16)31(29,30)27(19(24)28)7-3-6-25-8-10-26(11-9-25)18-22-4-2-5-23-18/h2,4-5,12-13H,3,6-11H2,1H3. The van der Waals surface area contributed by atoms with Crippen LogP contribution in [0, 0.1) is 0 Å². The molecule has 12 heteroatoms. The lowest BCUT2D eigenvalue weighted by atomic mass is 10.3. The third-order valence-corrected chi connectivity index (χ3v) is 7.93. The lowest BCUT2D eigenvalue weighted by molar-refractivity contribution is 0.221. The Balaban J connectivity index is 1.38. The summed E-state index contributed by atoms with van der Waals surface area (Å²) in [5.74, 6) is 0.714. The number of amides is 2. The topological polar surface area (TPSA) is 90.0 Å². The fourth-order valence-electron chi connectivity index (χ4n) is 3.81. The molecule has 0 aliphatic carbocycles. The summed E-state index contributed by atoms with van der Waals surface area (Å²) >= 11 is 12.2. The molecular weight excluding hydrogens is 463 g/mol. The quantitative estimate of drug-likeness (QED) is 0.643. The van der Waals surface area contributed by atoms with E-state index in [0.717, 1.165) is 30.5 Å². The van der Waals surface area contributed by atoms with Gasteiger partial charge in [0.1, 0.15) is 4.90 Å². The normalized spacial score (nSPS) is 18.9. The first-order valence-corrected chi connectivity index (χ1v) is 12.0. The molecule has 0 saturated carbocycles. The third-order valence-electron chi connectivity index (χ3n) is 5.44. The highest BCUT2D eigenvalue weighted by atomic mass is 35.5. The molecule has 1 saturated heterocycles. The van der Waals surface area contributed by atoms with Gasteiger partial charge in [-0.2, -0.15) is 0 Å². The van der Waals surface area contributed by atoms with E-state index in [1.54, 1.807) is 18.5 Å². The van der Waals surface area contributed by atoms with Gasteiger partial charge in [-0.1, -0.05) is 23.2 Å². The zero-order valence-corrected chi connectivity index (χ0v) is 19.2. The van der Waals surface area contributed by atoms with Crippen LogP contribution in [0.1, 0.15) is 6.42 Å². The van der Waals surface area contributed by atoms with Gasteiger partial charge in [-0.15, -0.1) is 0 Å². The number of halogens is 2. The molecule has 1 aromatic heterocycles. The Morgan fingerprint density at radius 3 is 2.39 bits per heavy atom. The van der Waals surface area contributed by atoms with E-state index in [9.17, 15) is 13.2 Å². The Bertz CT molecular complexity index is 1080. The summed E-state index contributed by atoms with van der Waals surface area (Å²) in [5, 5.41) is 0.276. The van der Waals surface area contributed by atoms with Gasteiger partial charge >= 0.3 is 6.03 Å². The number of hydrogen-bond acceptors (Lipinski definition) is 7. The molecule has 0 N–H and O–H groups in total. The number of benzene rings is 1. The summed E-state index contributed by atoms with van der Waals surface area (Å²) in [6.45, 7) is 3.95. The van der Waals surface area contributed by atoms with Crippen molar-refractivity contribution in [2.75, 3.05) is 56.1 Å². The lowest BCUT2D eigenvalue weighted by Crippen LogP contribution is -2.51. The van der Waals surface area contributed by atoms with Crippen molar-refractivity contribution in [3.8, 4) is 0 Å². The molecule has 166 valence electrons. The zero-order chi connectivity index (χ0) is 22.2. The lowest BCUT2D eigenvalue weighted by Gasteiger charge is -2.36. The molecule has 2 aliphatic rings. The van der Waals surface area contributed by atoms with Gasteiger partial charge in [0.05, 0.1) is 10.7 Å². The van der Waals surface area contributed by atoms with Crippen LogP contribution >= 0.6 is 23.2 Å². The zero-order valence-electron chi connectivity index (χ0n) is 16.9. The average Bonchev–Trinajstić information content (AvgIpc) is 2.75. The van der Waals surface area contributed by atoms with Gasteiger partial charge in [0, 0.05) is 63.7 Å². The first kappa shape index (κ1) is 22.1. The predicted molar refractivity (Wildman–Crippen MR) is 119 cm³/mol. The van der Waals surface area contributed by atoms with Crippen LogP contribution in [-0.4, -0.2) is 79.9 Å². The van der Waals surface area contributed by atoms with Crippen molar-refractivity contribution in [2.45, 2.75) is 11.3 Å². The van der Waals surface area contributed by atoms with E-state index in [4.69, 9.17) is 23.2 Å². The molecular formula is C19H22Cl2N6O3S. The molecule has 9 nitrogen and oxygen atoms in total. The molecule has 0 atom stereocenters. The number of aromatic nitrogens is 2. The number of hydrogen-bond donors (Lipinski definition) is 0. The van der Waals surface area contributed by atoms with Crippen molar-refractivity contribution in [1.29, 1.82) is 0 Å². The first-order valence-electron chi connectivity index (χ1n) is 9.83. The van der Waals surface area contributed by atoms with Gasteiger partial charge in [0.15, 0.2) is 0 Å². The predicted octanol–water partition coefficient (Wildman–Crippen LogP) is 2.56. The smallest absolute Gasteiger partial charge is 0.338 e. The van der Waals surface area contributed by atoms with Crippen LogP contribution in [-0.2, 0) is 10.0 Å². The highest BCUT2D eigenvalue weighted by molar-refractivity contribution is 7.90. The SMILES string of the molecule is CN1C(=O)N(CCCN2CCN(c3ncccn3)CC2)S(=O)(=O)c2c(Cl)cc(Cl)cc21.